The lowest BCUT2D eigenvalue weighted by Gasteiger charge is -2.19. The van der Waals surface area contributed by atoms with Gasteiger partial charge >= 0.3 is 0 Å². The molecule has 0 N–H and O–H groups in total. The summed E-state index contributed by atoms with van der Waals surface area (Å²) >= 11 is 0. The van der Waals surface area contributed by atoms with Crippen LogP contribution in [0.15, 0.2) is 0 Å². The quantitative estimate of drug-likeness (QED) is 0.738. The zero-order chi connectivity index (χ0) is 9.84. The van der Waals surface area contributed by atoms with E-state index in [9.17, 15) is 0 Å². The molecule has 2 nitrogen and oxygen atoms in total. The summed E-state index contributed by atoms with van der Waals surface area (Å²) in [4.78, 5) is 0. The first-order chi connectivity index (χ1) is 6.17. The van der Waals surface area contributed by atoms with Crippen LogP contribution in [0, 0.1) is 5.92 Å². The second kappa shape index (κ2) is 6.95. The summed E-state index contributed by atoms with van der Waals surface area (Å²) in [6.07, 6.45) is 0.463. The molecule has 1 fully saturated rings. The van der Waals surface area contributed by atoms with Gasteiger partial charge in [0.15, 0.2) is 0 Å². The molecule has 1 rings (SSSR count). The van der Waals surface area contributed by atoms with Gasteiger partial charge in [-0.05, 0) is 22.3 Å². The molecular formula is C5H17NOP6. The highest BCUT2D eigenvalue weighted by atomic mass is 32.6. The average molecular weight is 293 g/mol. The molecule has 78 valence electrons. The molecular weight excluding hydrogens is 276 g/mol. The van der Waals surface area contributed by atoms with Crippen molar-refractivity contribution in [2.75, 3.05) is 13.1 Å². The Bertz CT molecular complexity index is 160. The molecule has 0 aromatic heterocycles. The first-order valence-electron chi connectivity index (χ1n) is 4.06. The minimum Gasteiger partial charge on any atom is -0.346 e. The molecule has 0 amide bonds. The lowest BCUT2D eigenvalue weighted by molar-refractivity contribution is 0.210. The van der Waals surface area contributed by atoms with E-state index in [0.29, 0.717) is 12.0 Å². The van der Waals surface area contributed by atoms with Crippen molar-refractivity contribution >= 4 is 50.7 Å². The predicted octanol–water partition coefficient (Wildman–Crippen LogP) is 3.28. The van der Waals surface area contributed by atoms with Crippen LogP contribution >= 0.6 is 50.7 Å². The Morgan fingerprint density at radius 1 is 1.46 bits per heavy atom. The predicted molar refractivity (Wildman–Crippen MR) is 78.3 cm³/mol. The SMILES string of the molecule is C[C@@H]1CN(PP)C[C@@H]1OP(P)PP. The molecule has 0 spiro atoms. The summed E-state index contributed by atoms with van der Waals surface area (Å²) in [5, 5.41) is 0. The number of hydrogen-bond acceptors (Lipinski definition) is 2. The summed E-state index contributed by atoms with van der Waals surface area (Å²) in [5.41, 5.74) is 0. The molecule has 13 heavy (non-hydrogen) atoms. The molecule has 1 aliphatic rings. The summed E-state index contributed by atoms with van der Waals surface area (Å²) < 4.78 is 8.44. The molecule has 1 saturated heterocycles. The molecule has 0 saturated carbocycles. The summed E-state index contributed by atoms with van der Waals surface area (Å²) in [7, 11) is 9.83. The fourth-order valence-corrected chi connectivity index (χ4v) is 4.90. The number of nitrogens with zero attached hydrogens (tertiary/aromatic N) is 1. The first-order valence-corrected chi connectivity index (χ1v) is 13.3. The van der Waals surface area contributed by atoms with Gasteiger partial charge in [-0.3, -0.25) is 4.67 Å². The van der Waals surface area contributed by atoms with Crippen molar-refractivity contribution in [3.05, 3.63) is 0 Å². The highest BCUT2D eigenvalue weighted by Gasteiger charge is 2.30. The maximum atomic E-state index is 5.98. The van der Waals surface area contributed by atoms with Crippen LogP contribution < -0.4 is 0 Å². The van der Waals surface area contributed by atoms with Gasteiger partial charge in [0, 0.05) is 13.1 Å². The van der Waals surface area contributed by atoms with E-state index in [2.05, 4.69) is 38.4 Å². The fourth-order valence-electron chi connectivity index (χ4n) is 1.36. The van der Waals surface area contributed by atoms with Crippen molar-refractivity contribution in [3.8, 4) is 0 Å². The van der Waals surface area contributed by atoms with Crippen LogP contribution in [0.25, 0.3) is 0 Å². The Balaban J connectivity index is 2.34. The Morgan fingerprint density at radius 2 is 2.15 bits per heavy atom. The first kappa shape index (κ1) is 13.6. The highest BCUT2D eigenvalue weighted by Crippen LogP contribution is 2.67. The molecule has 1 aliphatic heterocycles. The zero-order valence-electron chi connectivity index (χ0n) is 7.60. The number of rotatable bonds is 4. The summed E-state index contributed by atoms with van der Waals surface area (Å²) in [6, 6.07) is 0. The number of hydrogen-bond donors (Lipinski definition) is 0. The third-order valence-corrected chi connectivity index (χ3v) is 12.4. The van der Waals surface area contributed by atoms with Crippen molar-refractivity contribution < 1.29 is 4.52 Å². The van der Waals surface area contributed by atoms with Crippen molar-refractivity contribution in [2.45, 2.75) is 13.0 Å². The molecule has 0 aromatic carbocycles. The maximum absolute atomic E-state index is 5.98. The van der Waals surface area contributed by atoms with Crippen LogP contribution in [0.2, 0.25) is 0 Å². The zero-order valence-corrected chi connectivity index (χ0v) is 14.0. The van der Waals surface area contributed by atoms with Gasteiger partial charge in [0.25, 0.3) is 0 Å². The third kappa shape index (κ3) is 4.48. The molecule has 0 bridgehead atoms. The lowest BCUT2D eigenvalue weighted by Crippen LogP contribution is -2.17. The lowest BCUT2D eigenvalue weighted by atomic mass is 10.1. The van der Waals surface area contributed by atoms with Gasteiger partial charge in [0.05, 0.1) is 13.6 Å². The Labute approximate surface area is 92.1 Å². The van der Waals surface area contributed by atoms with E-state index < -0.39 is 0 Å². The van der Waals surface area contributed by atoms with Crippen molar-refractivity contribution in [2.24, 2.45) is 5.92 Å². The van der Waals surface area contributed by atoms with Crippen LogP contribution in [0.1, 0.15) is 6.92 Å². The normalized spacial score (nSPS) is 34.2. The Kier molecular flexibility index (Phi) is 7.25. The van der Waals surface area contributed by atoms with E-state index in [1.807, 2.05) is 0 Å². The summed E-state index contributed by atoms with van der Waals surface area (Å²) in [5.74, 6) is 0.694. The highest BCUT2D eigenvalue weighted by molar-refractivity contribution is 8.59. The van der Waals surface area contributed by atoms with E-state index in [4.69, 9.17) is 4.52 Å². The van der Waals surface area contributed by atoms with Crippen LogP contribution in [-0.2, 0) is 4.52 Å². The van der Waals surface area contributed by atoms with Crippen molar-refractivity contribution in [1.82, 2.24) is 4.67 Å². The minimum atomic E-state index is -0.263. The van der Waals surface area contributed by atoms with E-state index in [1.54, 1.807) is 0 Å². The second-order valence-corrected chi connectivity index (χ2v) is 13.3. The van der Waals surface area contributed by atoms with E-state index in [-0.39, 0.29) is 7.53 Å². The van der Waals surface area contributed by atoms with Gasteiger partial charge in [-0.15, -0.1) is 8.93 Å². The van der Waals surface area contributed by atoms with Crippen molar-refractivity contribution in [1.29, 1.82) is 0 Å². The Hall–Kier alpha value is 2.50. The van der Waals surface area contributed by atoms with Gasteiger partial charge < -0.3 is 4.52 Å². The van der Waals surface area contributed by atoms with Gasteiger partial charge in [0.2, 0.25) is 0 Å². The van der Waals surface area contributed by atoms with Gasteiger partial charge in [-0.2, -0.15) is 0 Å². The molecule has 8 heteroatoms. The van der Waals surface area contributed by atoms with Crippen LogP contribution in [0.3, 0.4) is 0 Å². The summed E-state index contributed by atoms with van der Waals surface area (Å²) in [6.45, 7) is 4.60. The molecule has 8 atom stereocenters. The maximum Gasteiger partial charge on any atom is 0.0794 e. The molecule has 6 unspecified atom stereocenters. The second-order valence-electron chi connectivity index (χ2n) is 3.11. The Morgan fingerprint density at radius 3 is 2.62 bits per heavy atom. The minimum absolute atomic E-state index is 0.263. The third-order valence-electron chi connectivity index (χ3n) is 2.10. The molecule has 0 radical (unpaired) electrons. The van der Waals surface area contributed by atoms with E-state index in [1.165, 1.54) is 6.54 Å². The van der Waals surface area contributed by atoms with Crippen LogP contribution in [0.4, 0.5) is 0 Å². The van der Waals surface area contributed by atoms with Crippen LogP contribution in [-0.4, -0.2) is 23.9 Å². The van der Waals surface area contributed by atoms with Gasteiger partial charge in [0.1, 0.15) is 0 Å². The van der Waals surface area contributed by atoms with Gasteiger partial charge in [-0.25, -0.2) is 0 Å². The monoisotopic (exact) mass is 293 g/mol. The van der Waals surface area contributed by atoms with E-state index in [0.717, 1.165) is 22.9 Å². The molecule has 1 heterocycles. The average Bonchev–Trinajstić information content (AvgIpc) is 2.47. The topological polar surface area (TPSA) is 12.5 Å². The smallest absolute Gasteiger partial charge is 0.0794 e. The fraction of sp³-hybridized carbons (Fsp3) is 1.00. The van der Waals surface area contributed by atoms with Crippen LogP contribution in [0.5, 0.6) is 0 Å². The van der Waals surface area contributed by atoms with E-state index >= 15 is 0 Å². The standard InChI is InChI=1S/C5H17NOP6/c1-4-2-6(11-8)3-5(4)7-13(10)12-9/h4-5,11-12H,2-3,8-10H2,1H3/t4-,5+,13?/m1/s1. The van der Waals surface area contributed by atoms with Gasteiger partial charge in [-0.1, -0.05) is 24.8 Å². The molecule has 0 aliphatic carbocycles. The molecule has 0 aromatic rings. The van der Waals surface area contributed by atoms with Crippen molar-refractivity contribution in [3.63, 3.8) is 0 Å². The largest absolute Gasteiger partial charge is 0.346 e.